The average molecular weight is 309 g/mol. The van der Waals surface area contributed by atoms with Gasteiger partial charge in [-0.25, -0.2) is 0 Å². The van der Waals surface area contributed by atoms with Crippen molar-refractivity contribution in [3.05, 3.63) is 5.01 Å². The van der Waals surface area contributed by atoms with Crippen LogP contribution in [-0.2, 0) is 11.2 Å². The van der Waals surface area contributed by atoms with Gasteiger partial charge in [-0.2, -0.15) is 0 Å². The molecule has 2 rings (SSSR count). The summed E-state index contributed by atoms with van der Waals surface area (Å²) < 4.78 is 0. The Labute approximate surface area is 131 Å². The number of hydrogen-bond acceptors (Lipinski definition) is 4. The van der Waals surface area contributed by atoms with Crippen LogP contribution in [-0.4, -0.2) is 16.1 Å². The first-order valence-corrected chi connectivity index (χ1v) is 9.17. The lowest BCUT2D eigenvalue weighted by atomic mass is 9.99. The molecule has 1 aromatic heterocycles. The lowest BCUT2D eigenvalue weighted by molar-refractivity contribution is -0.120. The van der Waals surface area contributed by atoms with Gasteiger partial charge in [0.05, 0.1) is 0 Å². The number of unbranched alkanes of at least 4 members (excludes halogenated alkanes) is 1. The van der Waals surface area contributed by atoms with E-state index in [2.05, 4.69) is 29.4 Å². The minimum atomic E-state index is 0.104. The molecular formula is C16H27N3OS. The fourth-order valence-electron chi connectivity index (χ4n) is 3.03. The number of anilines is 1. The number of hydrogen-bond donors (Lipinski definition) is 1. The van der Waals surface area contributed by atoms with E-state index in [1.54, 1.807) is 11.3 Å². The maximum Gasteiger partial charge on any atom is 0.229 e. The van der Waals surface area contributed by atoms with E-state index >= 15 is 0 Å². The van der Waals surface area contributed by atoms with Crippen LogP contribution >= 0.6 is 11.3 Å². The summed E-state index contributed by atoms with van der Waals surface area (Å²) in [6.45, 7) is 4.23. The van der Waals surface area contributed by atoms with Crippen LogP contribution in [0.25, 0.3) is 0 Å². The Kier molecular flexibility index (Phi) is 6.61. The van der Waals surface area contributed by atoms with Crippen LogP contribution in [0.1, 0.15) is 70.2 Å². The summed E-state index contributed by atoms with van der Waals surface area (Å²) in [6.07, 6.45) is 10.5. The van der Waals surface area contributed by atoms with Crippen molar-refractivity contribution in [1.82, 2.24) is 10.2 Å². The van der Waals surface area contributed by atoms with Crippen LogP contribution in [0.3, 0.4) is 0 Å². The van der Waals surface area contributed by atoms with Crippen molar-refractivity contribution in [1.29, 1.82) is 0 Å². The van der Waals surface area contributed by atoms with Crippen molar-refractivity contribution in [2.75, 3.05) is 5.32 Å². The topological polar surface area (TPSA) is 54.9 Å². The first-order chi connectivity index (χ1) is 10.2. The van der Waals surface area contributed by atoms with Gasteiger partial charge in [-0.15, -0.1) is 10.2 Å². The van der Waals surface area contributed by atoms with Gasteiger partial charge >= 0.3 is 0 Å². The lowest BCUT2D eigenvalue weighted by Gasteiger charge is -2.12. The Morgan fingerprint density at radius 3 is 2.76 bits per heavy atom. The normalized spacial score (nSPS) is 17.0. The molecule has 0 unspecified atom stereocenters. The Hall–Kier alpha value is -0.970. The fraction of sp³-hybridized carbons (Fsp3) is 0.812. The van der Waals surface area contributed by atoms with Gasteiger partial charge in [0.2, 0.25) is 11.0 Å². The predicted octanol–water partition coefficient (Wildman–Crippen LogP) is 4.43. The predicted molar refractivity (Wildman–Crippen MR) is 87.5 cm³/mol. The largest absolute Gasteiger partial charge is 0.300 e. The Morgan fingerprint density at radius 1 is 1.33 bits per heavy atom. The van der Waals surface area contributed by atoms with E-state index in [4.69, 9.17) is 0 Å². The third-order valence-corrected chi connectivity index (χ3v) is 5.27. The van der Waals surface area contributed by atoms with Gasteiger partial charge in [0.1, 0.15) is 5.01 Å². The van der Waals surface area contributed by atoms with E-state index in [-0.39, 0.29) is 11.8 Å². The number of carbonyl (C=O) groups is 1. The van der Waals surface area contributed by atoms with E-state index in [0.29, 0.717) is 5.13 Å². The van der Waals surface area contributed by atoms with Crippen molar-refractivity contribution < 1.29 is 4.79 Å². The molecule has 1 aliphatic rings. The van der Waals surface area contributed by atoms with Gasteiger partial charge in [0.15, 0.2) is 0 Å². The van der Waals surface area contributed by atoms with Gasteiger partial charge in [-0.1, -0.05) is 63.7 Å². The first kappa shape index (κ1) is 16.4. The number of amides is 1. The molecule has 4 nitrogen and oxygen atoms in total. The summed E-state index contributed by atoms with van der Waals surface area (Å²) in [5.74, 6) is 0.982. The maximum atomic E-state index is 12.2. The van der Waals surface area contributed by atoms with Crippen molar-refractivity contribution in [2.24, 2.45) is 11.8 Å². The highest BCUT2D eigenvalue weighted by atomic mass is 32.1. The molecule has 1 heterocycles. The summed E-state index contributed by atoms with van der Waals surface area (Å²) >= 11 is 1.55. The minimum absolute atomic E-state index is 0.104. The molecule has 1 fully saturated rings. The molecule has 0 bridgehead atoms. The number of nitrogens with zero attached hydrogens (tertiary/aromatic N) is 2. The van der Waals surface area contributed by atoms with Crippen molar-refractivity contribution in [3.8, 4) is 0 Å². The van der Waals surface area contributed by atoms with E-state index in [1.165, 1.54) is 25.7 Å². The zero-order valence-electron chi connectivity index (χ0n) is 13.2. The zero-order chi connectivity index (χ0) is 15.1. The van der Waals surface area contributed by atoms with Crippen LogP contribution in [0.5, 0.6) is 0 Å². The van der Waals surface area contributed by atoms with Crippen LogP contribution < -0.4 is 5.32 Å². The van der Waals surface area contributed by atoms with E-state index < -0.39 is 0 Å². The first-order valence-electron chi connectivity index (χ1n) is 8.36. The molecular weight excluding hydrogens is 282 g/mol. The summed E-state index contributed by atoms with van der Waals surface area (Å²) in [7, 11) is 0. The molecule has 1 N–H and O–H groups in total. The molecule has 0 aliphatic heterocycles. The number of aromatic nitrogens is 2. The molecule has 118 valence electrons. The average Bonchev–Trinajstić information content (AvgIpc) is 3.12. The molecule has 1 aromatic rings. The SMILES string of the molecule is CCCC[C@@H](CC)C(=O)Nc1nnc(CC2CCCC2)s1. The smallest absolute Gasteiger partial charge is 0.229 e. The molecule has 1 saturated carbocycles. The molecule has 0 spiro atoms. The second-order valence-electron chi connectivity index (χ2n) is 6.09. The summed E-state index contributed by atoms with van der Waals surface area (Å²) in [4.78, 5) is 12.2. The highest BCUT2D eigenvalue weighted by Gasteiger charge is 2.20. The minimum Gasteiger partial charge on any atom is -0.300 e. The molecule has 1 atom stereocenters. The summed E-state index contributed by atoms with van der Waals surface area (Å²) in [5, 5.41) is 13.1. The van der Waals surface area contributed by atoms with Crippen LogP contribution in [0, 0.1) is 11.8 Å². The van der Waals surface area contributed by atoms with Gasteiger partial charge in [0, 0.05) is 12.3 Å². The van der Waals surface area contributed by atoms with E-state index in [0.717, 1.165) is 43.0 Å². The van der Waals surface area contributed by atoms with Crippen molar-refractivity contribution in [3.63, 3.8) is 0 Å². The van der Waals surface area contributed by atoms with Crippen molar-refractivity contribution >= 4 is 22.4 Å². The molecule has 21 heavy (non-hydrogen) atoms. The molecule has 1 amide bonds. The number of nitrogens with one attached hydrogen (secondary N) is 1. The number of carbonyl (C=O) groups excluding carboxylic acids is 1. The fourth-order valence-corrected chi connectivity index (χ4v) is 3.88. The Balaban J connectivity index is 1.84. The van der Waals surface area contributed by atoms with E-state index in [1.807, 2.05) is 0 Å². The standard InChI is InChI=1S/C16H27N3OS/c1-3-5-10-13(4-2)15(20)17-16-19-18-14(21-16)11-12-8-6-7-9-12/h12-13H,3-11H2,1-2H3,(H,17,19,20)/t13-/m1/s1. The van der Waals surface area contributed by atoms with Gasteiger partial charge in [-0.3, -0.25) is 4.79 Å². The Morgan fingerprint density at radius 2 is 2.10 bits per heavy atom. The highest BCUT2D eigenvalue weighted by molar-refractivity contribution is 7.15. The van der Waals surface area contributed by atoms with Gasteiger partial charge < -0.3 is 5.32 Å². The van der Waals surface area contributed by atoms with Gasteiger partial charge in [0.25, 0.3) is 0 Å². The number of rotatable bonds is 8. The van der Waals surface area contributed by atoms with Crippen LogP contribution in [0.2, 0.25) is 0 Å². The second kappa shape index (κ2) is 8.47. The summed E-state index contributed by atoms with van der Waals surface area (Å²) in [6, 6.07) is 0. The molecule has 1 aliphatic carbocycles. The third kappa shape index (κ3) is 5.06. The third-order valence-electron chi connectivity index (χ3n) is 4.40. The van der Waals surface area contributed by atoms with Gasteiger partial charge in [-0.05, 0) is 18.8 Å². The monoisotopic (exact) mass is 309 g/mol. The highest BCUT2D eigenvalue weighted by Crippen LogP contribution is 2.29. The maximum absolute atomic E-state index is 12.2. The molecule has 5 heteroatoms. The van der Waals surface area contributed by atoms with Crippen molar-refractivity contribution in [2.45, 2.75) is 71.6 Å². The Bertz CT molecular complexity index is 440. The lowest BCUT2D eigenvalue weighted by Crippen LogP contribution is -2.22. The second-order valence-corrected chi connectivity index (χ2v) is 7.15. The van der Waals surface area contributed by atoms with Crippen LogP contribution in [0.15, 0.2) is 0 Å². The molecule has 0 radical (unpaired) electrons. The van der Waals surface area contributed by atoms with E-state index in [9.17, 15) is 4.79 Å². The quantitative estimate of drug-likeness (QED) is 0.773. The zero-order valence-corrected chi connectivity index (χ0v) is 14.0. The molecule has 0 aromatic carbocycles. The van der Waals surface area contributed by atoms with Crippen LogP contribution in [0.4, 0.5) is 5.13 Å². The molecule has 0 saturated heterocycles. The summed E-state index contributed by atoms with van der Waals surface area (Å²) in [5.41, 5.74) is 0.